The van der Waals surface area contributed by atoms with Gasteiger partial charge in [-0.2, -0.15) is 0 Å². The third kappa shape index (κ3) is 3.17. The van der Waals surface area contributed by atoms with Gasteiger partial charge in [0.15, 0.2) is 0 Å². The van der Waals surface area contributed by atoms with Gasteiger partial charge in [0.2, 0.25) is 0 Å². The van der Waals surface area contributed by atoms with Crippen molar-refractivity contribution in [2.24, 2.45) is 5.73 Å². The van der Waals surface area contributed by atoms with Gasteiger partial charge in [-0.15, -0.1) is 0 Å². The third-order valence-electron chi connectivity index (χ3n) is 3.10. The molecule has 0 aromatic carbocycles. The lowest BCUT2D eigenvalue weighted by atomic mass is 10.1. The summed E-state index contributed by atoms with van der Waals surface area (Å²) in [5.41, 5.74) is 5.67. The molecule has 16 heavy (non-hydrogen) atoms. The molecule has 0 radical (unpaired) electrons. The van der Waals surface area contributed by atoms with Gasteiger partial charge in [-0.25, -0.2) is 0 Å². The van der Waals surface area contributed by atoms with Gasteiger partial charge >= 0.3 is 5.97 Å². The molecule has 0 aromatic rings. The van der Waals surface area contributed by atoms with Crippen molar-refractivity contribution in [3.8, 4) is 0 Å². The van der Waals surface area contributed by atoms with E-state index < -0.39 is 0 Å². The van der Waals surface area contributed by atoms with Crippen LogP contribution in [0.25, 0.3) is 0 Å². The Morgan fingerprint density at radius 2 is 2.31 bits per heavy atom. The summed E-state index contributed by atoms with van der Waals surface area (Å²) < 4.78 is 4.79. The Bertz CT molecular complexity index is 233. The van der Waals surface area contributed by atoms with Crippen LogP contribution in [0.4, 0.5) is 0 Å². The number of esters is 1. The summed E-state index contributed by atoms with van der Waals surface area (Å²) in [4.78, 5) is 15.9. The molecular formula is C11H23N3O2. The Morgan fingerprint density at radius 3 is 2.81 bits per heavy atom. The van der Waals surface area contributed by atoms with E-state index >= 15 is 0 Å². The Labute approximate surface area is 97.5 Å². The SMILES string of the molecule is COC(=O)C(CN)N1CCCC1CN(C)C. The lowest BCUT2D eigenvalue weighted by Crippen LogP contribution is -2.51. The van der Waals surface area contributed by atoms with Crippen LogP contribution in [0.5, 0.6) is 0 Å². The van der Waals surface area contributed by atoms with Gasteiger partial charge in [0.25, 0.3) is 0 Å². The summed E-state index contributed by atoms with van der Waals surface area (Å²) in [5, 5.41) is 0. The van der Waals surface area contributed by atoms with E-state index in [1.807, 2.05) is 14.1 Å². The lowest BCUT2D eigenvalue weighted by molar-refractivity contribution is -0.147. The van der Waals surface area contributed by atoms with E-state index in [0.717, 1.165) is 25.9 Å². The number of hydrogen-bond donors (Lipinski definition) is 1. The van der Waals surface area contributed by atoms with Crippen LogP contribution in [0.15, 0.2) is 0 Å². The molecule has 0 aliphatic carbocycles. The maximum absolute atomic E-state index is 11.6. The molecule has 0 saturated carbocycles. The molecule has 0 bridgehead atoms. The van der Waals surface area contributed by atoms with Gasteiger partial charge in [-0.1, -0.05) is 0 Å². The van der Waals surface area contributed by atoms with E-state index in [9.17, 15) is 4.79 Å². The second-order valence-electron chi connectivity index (χ2n) is 4.57. The van der Waals surface area contributed by atoms with Crippen molar-refractivity contribution in [2.45, 2.75) is 24.9 Å². The standard InChI is InChI=1S/C11H23N3O2/c1-13(2)8-9-5-4-6-14(9)10(7-12)11(15)16-3/h9-10H,4-8,12H2,1-3H3. The van der Waals surface area contributed by atoms with E-state index in [-0.39, 0.29) is 12.0 Å². The first kappa shape index (κ1) is 13.4. The lowest BCUT2D eigenvalue weighted by Gasteiger charge is -2.31. The van der Waals surface area contributed by atoms with E-state index in [1.165, 1.54) is 7.11 Å². The van der Waals surface area contributed by atoms with Crippen molar-refractivity contribution in [1.82, 2.24) is 9.80 Å². The molecule has 1 rings (SSSR count). The first-order valence-electron chi connectivity index (χ1n) is 5.78. The third-order valence-corrected chi connectivity index (χ3v) is 3.10. The highest BCUT2D eigenvalue weighted by atomic mass is 16.5. The number of nitrogens with two attached hydrogens (primary N) is 1. The van der Waals surface area contributed by atoms with Crippen molar-refractivity contribution >= 4 is 5.97 Å². The molecule has 5 nitrogen and oxygen atoms in total. The predicted molar refractivity (Wildman–Crippen MR) is 63.1 cm³/mol. The summed E-state index contributed by atoms with van der Waals surface area (Å²) in [6.45, 7) is 2.24. The Balaban J connectivity index is 2.64. The number of likely N-dealkylation sites (tertiary alicyclic amines) is 1. The van der Waals surface area contributed by atoms with Crippen molar-refractivity contribution in [2.75, 3.05) is 40.8 Å². The molecule has 5 heteroatoms. The first-order chi connectivity index (χ1) is 7.60. The predicted octanol–water partition coefficient (Wildman–Crippen LogP) is -0.487. The highest BCUT2D eigenvalue weighted by Gasteiger charge is 2.34. The smallest absolute Gasteiger partial charge is 0.324 e. The van der Waals surface area contributed by atoms with Gasteiger partial charge in [0.1, 0.15) is 6.04 Å². The van der Waals surface area contributed by atoms with E-state index in [2.05, 4.69) is 9.80 Å². The zero-order valence-corrected chi connectivity index (χ0v) is 10.5. The highest BCUT2D eigenvalue weighted by molar-refractivity contribution is 5.76. The number of nitrogens with zero attached hydrogens (tertiary/aromatic N) is 2. The van der Waals surface area contributed by atoms with Crippen molar-refractivity contribution < 1.29 is 9.53 Å². The highest BCUT2D eigenvalue weighted by Crippen LogP contribution is 2.20. The topological polar surface area (TPSA) is 58.8 Å². The maximum Gasteiger partial charge on any atom is 0.324 e. The number of hydrogen-bond acceptors (Lipinski definition) is 5. The van der Waals surface area contributed by atoms with Crippen LogP contribution < -0.4 is 5.73 Å². The molecule has 1 fully saturated rings. The number of methoxy groups -OCH3 is 1. The van der Waals surface area contributed by atoms with E-state index in [1.54, 1.807) is 0 Å². The zero-order chi connectivity index (χ0) is 12.1. The van der Waals surface area contributed by atoms with Crippen molar-refractivity contribution in [1.29, 1.82) is 0 Å². The van der Waals surface area contributed by atoms with Gasteiger partial charge in [-0.05, 0) is 33.5 Å². The van der Waals surface area contributed by atoms with Crippen LogP contribution in [0.3, 0.4) is 0 Å². The van der Waals surface area contributed by atoms with Gasteiger partial charge in [-0.3, -0.25) is 9.69 Å². The summed E-state index contributed by atoms with van der Waals surface area (Å²) in [5.74, 6) is -0.215. The number of carbonyl (C=O) groups excluding carboxylic acids is 1. The van der Waals surface area contributed by atoms with Crippen LogP contribution in [0.1, 0.15) is 12.8 Å². The average Bonchev–Trinajstić information content (AvgIpc) is 2.66. The summed E-state index contributed by atoms with van der Waals surface area (Å²) in [7, 11) is 5.51. The van der Waals surface area contributed by atoms with Gasteiger partial charge < -0.3 is 15.4 Å². The van der Waals surface area contributed by atoms with Gasteiger partial charge in [0, 0.05) is 19.1 Å². The molecule has 94 valence electrons. The number of rotatable bonds is 5. The fourth-order valence-electron chi connectivity index (χ4n) is 2.39. The molecule has 1 aliphatic rings. The minimum Gasteiger partial charge on any atom is -0.468 e. The second kappa shape index (κ2) is 6.18. The molecule has 1 saturated heterocycles. The van der Waals surface area contributed by atoms with Crippen molar-refractivity contribution in [3.63, 3.8) is 0 Å². The Morgan fingerprint density at radius 1 is 1.62 bits per heavy atom. The van der Waals surface area contributed by atoms with Crippen LogP contribution in [-0.4, -0.2) is 68.7 Å². The summed E-state index contributed by atoms with van der Waals surface area (Å²) in [6.07, 6.45) is 2.26. The minimum absolute atomic E-state index is 0.215. The molecule has 0 spiro atoms. The number of likely N-dealkylation sites (N-methyl/N-ethyl adjacent to an activating group) is 1. The van der Waals surface area contributed by atoms with Gasteiger partial charge in [0.05, 0.1) is 7.11 Å². The zero-order valence-electron chi connectivity index (χ0n) is 10.5. The first-order valence-corrected chi connectivity index (χ1v) is 5.78. The quantitative estimate of drug-likeness (QED) is 0.645. The monoisotopic (exact) mass is 229 g/mol. The Hall–Kier alpha value is -0.650. The second-order valence-corrected chi connectivity index (χ2v) is 4.57. The number of ether oxygens (including phenoxy) is 1. The molecule has 2 atom stereocenters. The summed E-state index contributed by atoms with van der Waals surface area (Å²) in [6, 6.07) is 0.139. The molecule has 1 heterocycles. The van der Waals surface area contributed by atoms with E-state index in [0.29, 0.717) is 12.6 Å². The van der Waals surface area contributed by atoms with E-state index in [4.69, 9.17) is 10.5 Å². The molecular weight excluding hydrogens is 206 g/mol. The molecule has 2 unspecified atom stereocenters. The fraction of sp³-hybridized carbons (Fsp3) is 0.909. The van der Waals surface area contributed by atoms with Crippen LogP contribution in [0, 0.1) is 0 Å². The average molecular weight is 229 g/mol. The number of carbonyl (C=O) groups is 1. The largest absolute Gasteiger partial charge is 0.468 e. The van der Waals surface area contributed by atoms with Crippen molar-refractivity contribution in [3.05, 3.63) is 0 Å². The van der Waals surface area contributed by atoms with Crippen LogP contribution in [-0.2, 0) is 9.53 Å². The molecule has 2 N–H and O–H groups in total. The summed E-state index contributed by atoms with van der Waals surface area (Å²) >= 11 is 0. The molecule has 0 aromatic heterocycles. The van der Waals surface area contributed by atoms with Crippen LogP contribution >= 0.6 is 0 Å². The molecule has 1 aliphatic heterocycles. The minimum atomic E-state index is -0.280. The molecule has 0 amide bonds. The maximum atomic E-state index is 11.6. The fourth-order valence-corrected chi connectivity index (χ4v) is 2.39. The normalized spacial score (nSPS) is 23.7. The Kier molecular flexibility index (Phi) is 5.18. The van der Waals surface area contributed by atoms with Crippen LogP contribution in [0.2, 0.25) is 0 Å².